The summed E-state index contributed by atoms with van der Waals surface area (Å²) >= 11 is 0. The van der Waals surface area contributed by atoms with Crippen molar-refractivity contribution in [2.24, 2.45) is 0 Å². The van der Waals surface area contributed by atoms with Crippen LogP contribution < -0.4 is 9.80 Å². The average molecular weight is 759 g/mol. The molecule has 2 aliphatic heterocycles. The van der Waals surface area contributed by atoms with E-state index in [1.54, 1.807) is 0 Å². The van der Waals surface area contributed by atoms with Crippen LogP contribution in [-0.4, -0.2) is 13.1 Å². The minimum absolute atomic E-state index is 0.103. The highest BCUT2D eigenvalue weighted by atomic mass is 15.1. The van der Waals surface area contributed by atoms with Crippen molar-refractivity contribution in [1.82, 2.24) is 0 Å². The van der Waals surface area contributed by atoms with Gasteiger partial charge in [0.15, 0.2) is 0 Å². The number of rotatable bonds is 4. The van der Waals surface area contributed by atoms with Crippen LogP contribution in [-0.2, 0) is 18.3 Å². The Morgan fingerprint density at radius 1 is 0.407 bits per heavy atom. The number of benzene rings is 9. The lowest BCUT2D eigenvalue weighted by Crippen LogP contribution is -2.24. The van der Waals surface area contributed by atoms with Crippen LogP contribution in [0.1, 0.15) is 48.9 Å². The number of fused-ring (bicyclic) bond motifs is 8. The van der Waals surface area contributed by atoms with E-state index < -0.39 is 0 Å². The van der Waals surface area contributed by atoms with Gasteiger partial charge in [-0.25, -0.2) is 0 Å². The summed E-state index contributed by atoms with van der Waals surface area (Å²) in [5.41, 5.74) is 18.6. The summed E-state index contributed by atoms with van der Waals surface area (Å²) in [6, 6.07) is 64.8. The molecule has 0 spiro atoms. The lowest BCUT2D eigenvalue weighted by Gasteiger charge is -2.32. The van der Waals surface area contributed by atoms with Gasteiger partial charge in [0.1, 0.15) is 0 Å². The van der Waals surface area contributed by atoms with Crippen molar-refractivity contribution < 1.29 is 0 Å². The fraction of sp³-hybridized carbons (Fsp3) is 0.158. The summed E-state index contributed by atoms with van der Waals surface area (Å²) in [6.07, 6.45) is 4.53. The second kappa shape index (κ2) is 13.2. The molecule has 9 aromatic carbocycles. The second-order valence-electron chi connectivity index (χ2n) is 17.4. The maximum absolute atomic E-state index is 2.56. The van der Waals surface area contributed by atoms with Gasteiger partial charge in [0.2, 0.25) is 0 Å². The molecule has 0 unspecified atom stereocenters. The summed E-state index contributed by atoms with van der Waals surface area (Å²) in [5, 5.41) is 7.72. The third kappa shape index (κ3) is 5.25. The van der Waals surface area contributed by atoms with Crippen LogP contribution in [0, 0.1) is 0 Å². The first kappa shape index (κ1) is 34.4. The number of para-hydroxylation sites is 2. The monoisotopic (exact) mass is 758 g/mol. The molecule has 2 heteroatoms. The Morgan fingerprint density at radius 3 is 1.69 bits per heavy atom. The van der Waals surface area contributed by atoms with Gasteiger partial charge in [-0.05, 0) is 156 Å². The van der Waals surface area contributed by atoms with Crippen LogP contribution >= 0.6 is 0 Å². The number of anilines is 4. The second-order valence-corrected chi connectivity index (χ2v) is 17.4. The van der Waals surface area contributed by atoms with Crippen molar-refractivity contribution in [2.45, 2.75) is 44.9 Å². The summed E-state index contributed by atoms with van der Waals surface area (Å²) < 4.78 is 0. The first-order chi connectivity index (χ1) is 29.0. The van der Waals surface area contributed by atoms with E-state index in [0.29, 0.717) is 0 Å². The first-order valence-corrected chi connectivity index (χ1v) is 21.5. The van der Waals surface area contributed by atoms with E-state index in [0.717, 1.165) is 38.8 Å². The first-order valence-electron chi connectivity index (χ1n) is 21.5. The smallest absolute Gasteiger partial charge is 0.0443 e. The molecule has 3 aliphatic rings. The van der Waals surface area contributed by atoms with Crippen molar-refractivity contribution in [1.29, 1.82) is 0 Å². The summed E-state index contributed by atoms with van der Waals surface area (Å²) in [6.45, 7) is 6.81. The maximum Gasteiger partial charge on any atom is 0.0443 e. The highest BCUT2D eigenvalue weighted by Gasteiger charge is 2.36. The predicted molar refractivity (Wildman–Crippen MR) is 251 cm³/mol. The molecule has 2 nitrogen and oxygen atoms in total. The molecule has 1 aliphatic carbocycles. The molecule has 0 aromatic heterocycles. The van der Waals surface area contributed by atoms with Crippen molar-refractivity contribution in [2.75, 3.05) is 22.9 Å². The SMILES string of the molecule is CC1(C)c2ccccc2-c2ccc(-c3c4cc(N5CCCc6ccccc65)ccc4c(-c4cccc5ccccc45)c4cc(N5CCCc6ccccc65)ccc34)cc21. The molecule has 0 saturated heterocycles. The molecular weight excluding hydrogens is 713 g/mol. The van der Waals surface area contributed by atoms with E-state index in [4.69, 9.17) is 0 Å². The van der Waals surface area contributed by atoms with Gasteiger partial charge in [0.25, 0.3) is 0 Å². The van der Waals surface area contributed by atoms with Gasteiger partial charge in [-0.15, -0.1) is 0 Å². The summed E-state index contributed by atoms with van der Waals surface area (Å²) in [5.74, 6) is 0. The van der Waals surface area contributed by atoms with Gasteiger partial charge in [0.05, 0.1) is 0 Å². The Kier molecular flexibility index (Phi) is 7.69. The zero-order chi connectivity index (χ0) is 39.2. The van der Waals surface area contributed by atoms with E-state index >= 15 is 0 Å². The van der Waals surface area contributed by atoms with Crippen molar-refractivity contribution >= 4 is 55.1 Å². The van der Waals surface area contributed by atoms with E-state index in [9.17, 15) is 0 Å². The van der Waals surface area contributed by atoms with Gasteiger partial charge < -0.3 is 9.80 Å². The Bertz CT molecular complexity index is 3160. The molecule has 2 heterocycles. The topological polar surface area (TPSA) is 6.48 Å². The largest absolute Gasteiger partial charge is 0.341 e. The van der Waals surface area contributed by atoms with Gasteiger partial charge in [-0.1, -0.05) is 141 Å². The van der Waals surface area contributed by atoms with Crippen molar-refractivity contribution in [3.05, 3.63) is 192 Å². The van der Waals surface area contributed by atoms with Gasteiger partial charge in [-0.2, -0.15) is 0 Å². The molecule has 284 valence electrons. The van der Waals surface area contributed by atoms with E-state index in [-0.39, 0.29) is 5.41 Å². The molecule has 0 bridgehead atoms. The molecule has 59 heavy (non-hydrogen) atoms. The predicted octanol–water partition coefficient (Wildman–Crippen LogP) is 15.0. The summed E-state index contributed by atoms with van der Waals surface area (Å²) in [4.78, 5) is 5.12. The number of nitrogens with zero attached hydrogens (tertiary/aromatic N) is 2. The van der Waals surface area contributed by atoms with E-state index in [2.05, 4.69) is 194 Å². The van der Waals surface area contributed by atoms with Crippen LogP contribution in [0.5, 0.6) is 0 Å². The van der Waals surface area contributed by atoms with Crippen LogP contribution in [0.4, 0.5) is 22.7 Å². The van der Waals surface area contributed by atoms with Gasteiger partial charge >= 0.3 is 0 Å². The van der Waals surface area contributed by atoms with Crippen LogP contribution in [0.15, 0.2) is 170 Å². The zero-order valence-corrected chi connectivity index (χ0v) is 33.8. The van der Waals surface area contributed by atoms with Crippen molar-refractivity contribution in [3.8, 4) is 33.4 Å². The third-order valence-electron chi connectivity index (χ3n) is 13.9. The number of hydrogen-bond acceptors (Lipinski definition) is 2. The van der Waals surface area contributed by atoms with E-state index in [1.807, 2.05) is 0 Å². The molecule has 9 aromatic rings. The molecule has 0 saturated carbocycles. The third-order valence-corrected chi connectivity index (χ3v) is 13.9. The van der Waals surface area contributed by atoms with E-state index in [1.165, 1.54) is 111 Å². The highest BCUT2D eigenvalue weighted by Crippen LogP contribution is 2.53. The van der Waals surface area contributed by atoms with Crippen LogP contribution in [0.2, 0.25) is 0 Å². The molecule has 0 fully saturated rings. The summed E-state index contributed by atoms with van der Waals surface area (Å²) in [7, 11) is 0. The lowest BCUT2D eigenvalue weighted by molar-refractivity contribution is 0.660. The van der Waals surface area contributed by atoms with Crippen molar-refractivity contribution in [3.63, 3.8) is 0 Å². The molecule has 0 N–H and O–H groups in total. The van der Waals surface area contributed by atoms with Gasteiger partial charge in [0, 0.05) is 41.3 Å². The Hall–Kier alpha value is -6.64. The average Bonchev–Trinajstić information content (AvgIpc) is 3.52. The fourth-order valence-corrected chi connectivity index (χ4v) is 11.0. The van der Waals surface area contributed by atoms with Crippen LogP contribution in [0.25, 0.3) is 65.7 Å². The zero-order valence-electron chi connectivity index (χ0n) is 33.8. The quantitative estimate of drug-likeness (QED) is 0.165. The fourth-order valence-electron chi connectivity index (χ4n) is 11.0. The lowest BCUT2D eigenvalue weighted by atomic mass is 9.80. The Balaban J connectivity index is 1.19. The molecule has 0 amide bonds. The number of hydrogen-bond donors (Lipinski definition) is 0. The van der Waals surface area contributed by atoms with Gasteiger partial charge in [-0.3, -0.25) is 0 Å². The minimum Gasteiger partial charge on any atom is -0.341 e. The molecular formula is C57H46N2. The standard InChI is InChI=1S/C57H46N2/c1-57(2)51-23-8-7-21-44(51)45-29-26-40(34-52(45)57)55-47-30-27-42(59-33-13-19-39-16-5-10-25-54(39)59)36-50(47)56(46-22-11-17-37-14-3-6-20-43(37)46)48-31-28-41(35-49(48)55)58-32-12-18-38-15-4-9-24-53(38)58/h3-11,14-17,20-31,34-36H,12-13,18-19,32-33H2,1-2H3. The minimum atomic E-state index is -0.103. The molecule has 0 atom stereocenters. The van der Waals surface area contributed by atoms with Crippen LogP contribution in [0.3, 0.4) is 0 Å². The molecule has 0 radical (unpaired) electrons. The maximum atomic E-state index is 2.56. The Morgan fingerprint density at radius 2 is 0.966 bits per heavy atom. The normalized spacial score (nSPS) is 15.3. The Labute approximate surface area is 347 Å². The molecule has 12 rings (SSSR count). The highest BCUT2D eigenvalue weighted by molar-refractivity contribution is 6.24. The number of aryl methyl sites for hydroxylation is 2.